The van der Waals surface area contributed by atoms with E-state index in [1.165, 1.54) is 23.5 Å². The fourth-order valence-electron chi connectivity index (χ4n) is 2.76. The Balaban J connectivity index is 1.48. The molecule has 0 amide bonds. The van der Waals surface area contributed by atoms with Gasteiger partial charge in [-0.2, -0.15) is 0 Å². The van der Waals surface area contributed by atoms with Gasteiger partial charge < -0.3 is 5.11 Å². The number of aromatic nitrogens is 1. The number of aromatic hydroxyl groups is 1. The monoisotopic (exact) mass is 401 g/mol. The number of para-hydroxylation sites is 1. The zero-order chi connectivity index (χ0) is 20.2. The van der Waals surface area contributed by atoms with E-state index in [0.717, 1.165) is 20.8 Å². The van der Waals surface area contributed by atoms with Crippen molar-refractivity contribution in [1.29, 1.82) is 0 Å². The van der Waals surface area contributed by atoms with Crippen LogP contribution in [-0.4, -0.2) is 21.2 Å². The van der Waals surface area contributed by atoms with E-state index in [1.54, 1.807) is 42.6 Å². The zero-order valence-electron chi connectivity index (χ0n) is 15.1. The maximum absolute atomic E-state index is 10.7. The molecule has 142 valence electrons. The van der Waals surface area contributed by atoms with Crippen LogP contribution >= 0.6 is 11.3 Å². The second-order valence-electron chi connectivity index (χ2n) is 6.17. The number of fused-ring (bicyclic) bond motifs is 1. The lowest BCUT2D eigenvalue weighted by molar-refractivity contribution is -0.384. The molecule has 4 aromatic rings. The molecule has 0 bridgehead atoms. The number of nitro benzene ring substituents is 1. The van der Waals surface area contributed by atoms with Gasteiger partial charge in [-0.25, -0.2) is 4.98 Å². The molecule has 29 heavy (non-hydrogen) atoms. The molecule has 1 heterocycles. The second kappa shape index (κ2) is 8.04. The van der Waals surface area contributed by atoms with Gasteiger partial charge in [0, 0.05) is 24.4 Å². The summed E-state index contributed by atoms with van der Waals surface area (Å²) >= 11 is 1.53. The summed E-state index contributed by atoms with van der Waals surface area (Å²) in [5.41, 5.74) is 3.08. The van der Waals surface area contributed by atoms with Crippen LogP contribution in [0.1, 0.15) is 5.56 Å². The highest BCUT2D eigenvalue weighted by molar-refractivity contribution is 7.21. The molecule has 3 aromatic carbocycles. The van der Waals surface area contributed by atoms with Gasteiger partial charge >= 0.3 is 0 Å². The van der Waals surface area contributed by atoms with E-state index in [9.17, 15) is 15.2 Å². The Kier molecular flexibility index (Phi) is 5.13. The predicted octanol–water partition coefficient (Wildman–Crippen LogP) is 5.99. The van der Waals surface area contributed by atoms with E-state index >= 15 is 0 Å². The minimum atomic E-state index is -0.431. The van der Waals surface area contributed by atoms with E-state index in [-0.39, 0.29) is 11.4 Å². The lowest BCUT2D eigenvalue weighted by Crippen LogP contribution is -1.86. The number of aliphatic imine (C=N–C) groups is 1. The van der Waals surface area contributed by atoms with Crippen molar-refractivity contribution in [1.82, 2.24) is 4.98 Å². The molecule has 4 rings (SSSR count). The third kappa shape index (κ3) is 4.20. The number of thiazole rings is 1. The van der Waals surface area contributed by atoms with Crippen LogP contribution in [0.2, 0.25) is 0 Å². The summed E-state index contributed by atoms with van der Waals surface area (Å²) in [5, 5.41) is 21.8. The quantitative estimate of drug-likeness (QED) is 0.253. The summed E-state index contributed by atoms with van der Waals surface area (Å²) < 4.78 is 1.07. The van der Waals surface area contributed by atoms with Crippen molar-refractivity contribution < 1.29 is 10.0 Å². The molecule has 1 aromatic heterocycles. The summed E-state index contributed by atoms with van der Waals surface area (Å²) in [5.74, 6) is 0.123. The first kappa shape index (κ1) is 18.5. The molecule has 0 aliphatic heterocycles. The maximum Gasteiger partial charge on any atom is 0.269 e. The van der Waals surface area contributed by atoms with Gasteiger partial charge in [0.1, 0.15) is 10.8 Å². The number of non-ortho nitro benzene ring substituents is 1. The highest BCUT2D eigenvalue weighted by Gasteiger charge is 2.10. The van der Waals surface area contributed by atoms with Crippen LogP contribution in [0.25, 0.3) is 26.9 Å². The summed E-state index contributed by atoms with van der Waals surface area (Å²) in [4.78, 5) is 19.1. The number of allylic oxidation sites excluding steroid dienone is 1. The number of phenols is 1. The number of hydrogen-bond acceptors (Lipinski definition) is 6. The molecule has 0 atom stereocenters. The van der Waals surface area contributed by atoms with Gasteiger partial charge in [-0.05, 0) is 48.0 Å². The van der Waals surface area contributed by atoms with E-state index in [4.69, 9.17) is 0 Å². The number of hydrogen-bond donors (Lipinski definition) is 1. The second-order valence-corrected chi connectivity index (χ2v) is 7.20. The Bertz CT molecular complexity index is 1210. The van der Waals surface area contributed by atoms with Crippen molar-refractivity contribution in [2.45, 2.75) is 0 Å². The van der Waals surface area contributed by atoms with Crippen LogP contribution in [0, 0.1) is 10.1 Å². The third-order valence-electron chi connectivity index (χ3n) is 4.21. The molecule has 0 fully saturated rings. The Hall–Kier alpha value is -3.84. The topological polar surface area (TPSA) is 88.6 Å². The third-order valence-corrected chi connectivity index (χ3v) is 5.28. The highest BCUT2D eigenvalue weighted by Crippen LogP contribution is 2.36. The van der Waals surface area contributed by atoms with Crippen molar-refractivity contribution in [2.75, 3.05) is 0 Å². The first-order valence-corrected chi connectivity index (χ1v) is 9.56. The van der Waals surface area contributed by atoms with Crippen LogP contribution < -0.4 is 0 Å². The molecule has 0 saturated heterocycles. The Morgan fingerprint density at radius 2 is 1.86 bits per heavy atom. The molecule has 0 aliphatic carbocycles. The number of phenolic OH excluding ortho intramolecular Hbond substituents is 1. The molecule has 0 saturated carbocycles. The first-order valence-electron chi connectivity index (χ1n) is 8.74. The number of nitrogens with zero attached hydrogens (tertiary/aromatic N) is 3. The van der Waals surface area contributed by atoms with Gasteiger partial charge in [-0.1, -0.05) is 18.2 Å². The molecule has 6 nitrogen and oxygen atoms in total. The summed E-state index contributed by atoms with van der Waals surface area (Å²) in [6, 6.07) is 19.3. The molecule has 0 unspecified atom stereocenters. The molecule has 0 aliphatic rings. The molecule has 0 spiro atoms. The fourth-order valence-corrected chi connectivity index (χ4v) is 3.76. The zero-order valence-corrected chi connectivity index (χ0v) is 15.9. The lowest BCUT2D eigenvalue weighted by atomic mass is 10.2. The van der Waals surface area contributed by atoms with E-state index in [0.29, 0.717) is 11.3 Å². The summed E-state index contributed by atoms with van der Waals surface area (Å²) in [7, 11) is 0. The Labute approximate surface area is 170 Å². The highest BCUT2D eigenvalue weighted by atomic mass is 32.1. The van der Waals surface area contributed by atoms with Crippen molar-refractivity contribution in [3.05, 3.63) is 88.5 Å². The molecule has 7 heteroatoms. The van der Waals surface area contributed by atoms with Crippen LogP contribution in [0.4, 0.5) is 11.4 Å². The average Bonchev–Trinajstić information content (AvgIpc) is 3.15. The van der Waals surface area contributed by atoms with Crippen molar-refractivity contribution >= 4 is 45.2 Å². The van der Waals surface area contributed by atoms with Crippen LogP contribution in [-0.2, 0) is 0 Å². The molecule has 1 N–H and O–H groups in total. The summed E-state index contributed by atoms with van der Waals surface area (Å²) in [6.07, 6.45) is 5.13. The van der Waals surface area contributed by atoms with E-state index in [2.05, 4.69) is 9.98 Å². The minimum Gasteiger partial charge on any atom is -0.507 e. The van der Waals surface area contributed by atoms with Gasteiger partial charge in [0.05, 0.1) is 26.4 Å². The minimum absolute atomic E-state index is 0.0551. The molecule has 0 radical (unpaired) electrons. The largest absolute Gasteiger partial charge is 0.507 e. The van der Waals surface area contributed by atoms with Gasteiger partial charge in [-0.3, -0.25) is 15.1 Å². The predicted molar refractivity (Wildman–Crippen MR) is 117 cm³/mol. The van der Waals surface area contributed by atoms with Crippen molar-refractivity contribution in [2.24, 2.45) is 4.99 Å². The molecular formula is C22H15N3O3S. The van der Waals surface area contributed by atoms with Gasteiger partial charge in [-0.15, -0.1) is 11.3 Å². The van der Waals surface area contributed by atoms with Crippen molar-refractivity contribution in [3.63, 3.8) is 0 Å². The van der Waals surface area contributed by atoms with Crippen molar-refractivity contribution in [3.8, 4) is 16.3 Å². The lowest BCUT2D eigenvalue weighted by Gasteiger charge is -2.01. The number of nitro groups is 1. The van der Waals surface area contributed by atoms with Gasteiger partial charge in [0.2, 0.25) is 0 Å². The van der Waals surface area contributed by atoms with Crippen LogP contribution in [0.15, 0.2) is 77.8 Å². The van der Waals surface area contributed by atoms with Crippen LogP contribution in [0.3, 0.4) is 0 Å². The molecular weight excluding hydrogens is 386 g/mol. The summed E-state index contributed by atoms with van der Waals surface area (Å²) in [6.45, 7) is 0. The van der Waals surface area contributed by atoms with Gasteiger partial charge in [0.15, 0.2) is 0 Å². The first-order chi connectivity index (χ1) is 14.1. The van der Waals surface area contributed by atoms with E-state index < -0.39 is 4.92 Å². The smallest absolute Gasteiger partial charge is 0.269 e. The Morgan fingerprint density at radius 3 is 2.59 bits per heavy atom. The fraction of sp³-hybridized carbons (Fsp3) is 0. The standard InChI is InChI=1S/C22H15N3O3S/c26-20-14-16(23-13-3-4-15-7-10-17(11-8-15)25(27)28)9-12-18(20)22-24-19-5-1-2-6-21(19)29-22/h1-14,26H. The number of rotatable bonds is 5. The van der Waals surface area contributed by atoms with E-state index in [1.807, 2.05) is 30.3 Å². The maximum atomic E-state index is 10.7. The normalized spacial score (nSPS) is 11.6. The average molecular weight is 401 g/mol. The Morgan fingerprint density at radius 1 is 1.07 bits per heavy atom. The van der Waals surface area contributed by atoms with Crippen LogP contribution in [0.5, 0.6) is 5.75 Å². The van der Waals surface area contributed by atoms with Gasteiger partial charge in [0.25, 0.3) is 5.69 Å². The number of benzene rings is 3. The SMILES string of the molecule is O=[N+]([O-])c1ccc(C=CC=Nc2ccc(-c3nc4ccccc4s3)c(O)c2)cc1.